The first kappa shape index (κ1) is 22.5. The Balaban J connectivity index is 1.67. The lowest BCUT2D eigenvalue weighted by Gasteiger charge is -2.09. The van der Waals surface area contributed by atoms with Gasteiger partial charge in [-0.15, -0.1) is 11.3 Å². The molecule has 0 unspecified atom stereocenters. The molecule has 3 rings (SSSR count). The third-order valence-corrected chi connectivity index (χ3v) is 6.38. The second-order valence-corrected chi connectivity index (χ2v) is 8.88. The van der Waals surface area contributed by atoms with Crippen LogP contribution in [0.3, 0.4) is 0 Å². The fourth-order valence-corrected chi connectivity index (χ4v) is 4.71. The van der Waals surface area contributed by atoms with Crippen molar-refractivity contribution in [3.05, 3.63) is 34.3 Å². The molecule has 3 aromatic rings. The van der Waals surface area contributed by atoms with E-state index in [0.717, 1.165) is 41.2 Å². The van der Waals surface area contributed by atoms with Gasteiger partial charge in [-0.3, -0.25) is 4.79 Å². The van der Waals surface area contributed by atoms with Crippen molar-refractivity contribution < 1.29 is 9.53 Å². The molecule has 0 radical (unpaired) electrons. The van der Waals surface area contributed by atoms with E-state index in [2.05, 4.69) is 20.6 Å². The number of anilines is 3. The van der Waals surface area contributed by atoms with Gasteiger partial charge in [-0.25, -0.2) is 9.97 Å². The number of nitrogens with two attached hydrogens (primary N) is 1. The summed E-state index contributed by atoms with van der Waals surface area (Å²) in [4.78, 5) is 22.2. The molecule has 160 valence electrons. The number of halogens is 1. The van der Waals surface area contributed by atoms with Gasteiger partial charge in [0.05, 0.1) is 29.1 Å². The highest BCUT2D eigenvalue weighted by Crippen LogP contribution is 2.37. The summed E-state index contributed by atoms with van der Waals surface area (Å²) in [5.74, 6) is 0.655. The Kier molecular flexibility index (Phi) is 8.03. The van der Waals surface area contributed by atoms with Crippen LogP contribution < -0.4 is 21.1 Å². The lowest BCUT2D eigenvalue weighted by Crippen LogP contribution is -2.11. The van der Waals surface area contributed by atoms with E-state index in [1.54, 1.807) is 25.3 Å². The number of methoxy groups -OCH3 is 1. The summed E-state index contributed by atoms with van der Waals surface area (Å²) in [6.07, 6.45) is 3.20. The Morgan fingerprint density at radius 2 is 2.07 bits per heavy atom. The van der Waals surface area contributed by atoms with E-state index >= 15 is 0 Å². The van der Waals surface area contributed by atoms with Crippen LogP contribution in [0, 0.1) is 6.92 Å². The third kappa shape index (κ3) is 5.91. The van der Waals surface area contributed by atoms with Crippen LogP contribution in [0.25, 0.3) is 10.6 Å². The van der Waals surface area contributed by atoms with Crippen LogP contribution in [0.2, 0.25) is 5.02 Å². The standard InChI is InChI=1S/C20H24ClN5O2S2/c1-12-18(30-20(23-12)26-17(27)6-4-3-5-9-22)15-11-29-19(25-15)24-14-10-13(21)7-8-16(14)28-2/h7-8,10-11H,3-6,9,22H2,1-2H3,(H,24,25)(H,23,26,27). The number of aromatic nitrogens is 2. The first-order valence-electron chi connectivity index (χ1n) is 9.54. The van der Waals surface area contributed by atoms with Crippen LogP contribution >= 0.6 is 34.3 Å². The number of thiazole rings is 2. The third-order valence-electron chi connectivity index (χ3n) is 4.29. The molecule has 1 aromatic carbocycles. The molecule has 1 amide bonds. The van der Waals surface area contributed by atoms with Crippen LogP contribution in [0.15, 0.2) is 23.6 Å². The Morgan fingerprint density at radius 3 is 2.83 bits per heavy atom. The minimum atomic E-state index is -0.0268. The number of nitrogens with one attached hydrogen (secondary N) is 2. The van der Waals surface area contributed by atoms with Crippen molar-refractivity contribution >= 4 is 56.1 Å². The number of benzene rings is 1. The number of amides is 1. The van der Waals surface area contributed by atoms with Crippen molar-refractivity contribution in [1.29, 1.82) is 0 Å². The monoisotopic (exact) mass is 465 g/mol. The molecule has 0 aliphatic heterocycles. The molecule has 0 aliphatic rings. The molecule has 30 heavy (non-hydrogen) atoms. The molecule has 4 N–H and O–H groups in total. The van der Waals surface area contributed by atoms with Crippen molar-refractivity contribution in [2.45, 2.75) is 32.6 Å². The van der Waals surface area contributed by atoms with Crippen molar-refractivity contribution in [1.82, 2.24) is 9.97 Å². The minimum Gasteiger partial charge on any atom is -0.495 e. The SMILES string of the molecule is COc1ccc(Cl)cc1Nc1nc(-c2sc(NC(=O)CCCCCN)nc2C)cs1. The first-order chi connectivity index (χ1) is 14.5. The predicted molar refractivity (Wildman–Crippen MR) is 125 cm³/mol. The Morgan fingerprint density at radius 1 is 1.23 bits per heavy atom. The van der Waals surface area contributed by atoms with Crippen LogP contribution in [0.1, 0.15) is 31.4 Å². The van der Waals surface area contributed by atoms with Crippen LogP contribution in [-0.4, -0.2) is 29.5 Å². The zero-order valence-electron chi connectivity index (χ0n) is 16.8. The largest absolute Gasteiger partial charge is 0.495 e. The zero-order chi connectivity index (χ0) is 21.5. The normalized spacial score (nSPS) is 10.8. The molecule has 0 atom stereocenters. The summed E-state index contributed by atoms with van der Waals surface area (Å²) in [6, 6.07) is 5.37. The molecule has 0 saturated heterocycles. The highest BCUT2D eigenvalue weighted by molar-refractivity contribution is 7.20. The number of hydrogen-bond acceptors (Lipinski definition) is 8. The molecule has 2 heterocycles. The van der Waals surface area contributed by atoms with Gasteiger partial charge >= 0.3 is 0 Å². The summed E-state index contributed by atoms with van der Waals surface area (Å²) >= 11 is 8.99. The molecule has 0 saturated carbocycles. The number of carbonyl (C=O) groups excluding carboxylic acids is 1. The van der Waals surface area contributed by atoms with Crippen LogP contribution in [0.5, 0.6) is 5.75 Å². The van der Waals surface area contributed by atoms with E-state index < -0.39 is 0 Å². The molecular weight excluding hydrogens is 442 g/mol. The molecule has 0 bridgehead atoms. The number of carbonyl (C=O) groups is 1. The number of nitrogens with zero attached hydrogens (tertiary/aromatic N) is 2. The molecular formula is C20H24ClN5O2S2. The quantitative estimate of drug-likeness (QED) is 0.344. The van der Waals surface area contributed by atoms with E-state index in [4.69, 9.17) is 22.1 Å². The maximum absolute atomic E-state index is 12.1. The predicted octanol–water partition coefficient (Wildman–Crippen LogP) is 5.44. The fraction of sp³-hybridized carbons (Fsp3) is 0.350. The molecule has 10 heteroatoms. The topological polar surface area (TPSA) is 102 Å². The fourth-order valence-electron chi connectivity index (χ4n) is 2.80. The number of ether oxygens (including phenoxy) is 1. The lowest BCUT2D eigenvalue weighted by atomic mass is 10.2. The average Bonchev–Trinajstić information content (AvgIpc) is 3.31. The Hall–Kier alpha value is -2.20. The van der Waals surface area contributed by atoms with Crippen LogP contribution in [-0.2, 0) is 4.79 Å². The van der Waals surface area contributed by atoms with Gasteiger partial charge in [-0.1, -0.05) is 29.4 Å². The summed E-state index contributed by atoms with van der Waals surface area (Å²) < 4.78 is 5.37. The van der Waals surface area contributed by atoms with Crippen molar-refractivity contribution in [2.75, 3.05) is 24.3 Å². The van der Waals surface area contributed by atoms with E-state index in [-0.39, 0.29) is 5.91 Å². The van der Waals surface area contributed by atoms with Crippen molar-refractivity contribution in [3.8, 4) is 16.3 Å². The van der Waals surface area contributed by atoms with E-state index in [9.17, 15) is 4.79 Å². The minimum absolute atomic E-state index is 0.0268. The second kappa shape index (κ2) is 10.7. The van der Waals surface area contributed by atoms with Gasteiger partial charge in [0.1, 0.15) is 5.75 Å². The van der Waals surface area contributed by atoms with Crippen molar-refractivity contribution in [2.24, 2.45) is 5.73 Å². The summed E-state index contributed by atoms with van der Waals surface area (Å²) in [7, 11) is 1.61. The van der Waals surface area contributed by atoms with E-state index in [1.165, 1.54) is 22.7 Å². The molecule has 0 aliphatic carbocycles. The maximum atomic E-state index is 12.1. The first-order valence-corrected chi connectivity index (χ1v) is 11.6. The summed E-state index contributed by atoms with van der Waals surface area (Å²) in [5.41, 5.74) is 7.86. The smallest absolute Gasteiger partial charge is 0.226 e. The highest BCUT2D eigenvalue weighted by Gasteiger charge is 2.15. The maximum Gasteiger partial charge on any atom is 0.226 e. The molecule has 7 nitrogen and oxygen atoms in total. The Labute approximate surface area is 188 Å². The van der Waals surface area contributed by atoms with Gasteiger partial charge in [0.2, 0.25) is 5.91 Å². The zero-order valence-corrected chi connectivity index (χ0v) is 19.2. The molecule has 2 aromatic heterocycles. The van der Waals surface area contributed by atoms with Gasteiger partial charge in [0, 0.05) is 16.8 Å². The number of hydrogen-bond donors (Lipinski definition) is 3. The van der Waals surface area contributed by atoms with E-state index in [0.29, 0.717) is 34.0 Å². The number of aryl methyl sites for hydroxylation is 1. The van der Waals surface area contributed by atoms with Gasteiger partial charge in [0.15, 0.2) is 10.3 Å². The Bertz CT molecular complexity index is 1010. The van der Waals surface area contributed by atoms with E-state index in [1.807, 2.05) is 12.3 Å². The van der Waals surface area contributed by atoms with Gasteiger partial charge < -0.3 is 21.1 Å². The summed E-state index contributed by atoms with van der Waals surface area (Å²) in [6.45, 7) is 2.57. The van der Waals surface area contributed by atoms with Gasteiger partial charge in [-0.2, -0.15) is 0 Å². The summed E-state index contributed by atoms with van der Waals surface area (Å²) in [5, 5.41) is 10.00. The van der Waals surface area contributed by atoms with Crippen LogP contribution in [0.4, 0.5) is 16.0 Å². The van der Waals surface area contributed by atoms with Gasteiger partial charge in [0.25, 0.3) is 0 Å². The highest BCUT2D eigenvalue weighted by atomic mass is 35.5. The van der Waals surface area contributed by atoms with Crippen molar-refractivity contribution in [3.63, 3.8) is 0 Å². The average molecular weight is 466 g/mol. The lowest BCUT2D eigenvalue weighted by molar-refractivity contribution is -0.116. The molecule has 0 fully saturated rings. The number of rotatable bonds is 10. The molecule has 0 spiro atoms. The second-order valence-electron chi connectivity index (χ2n) is 6.59. The van der Waals surface area contributed by atoms with Gasteiger partial charge in [-0.05, 0) is 44.5 Å². The number of unbranched alkanes of at least 4 members (excludes halogenated alkanes) is 2.